The lowest BCUT2D eigenvalue weighted by atomic mass is 9.78. The van der Waals surface area contributed by atoms with E-state index in [2.05, 4.69) is 17.1 Å². The molecule has 2 N–H and O–H groups in total. The van der Waals surface area contributed by atoms with Gasteiger partial charge in [-0.1, -0.05) is 37.3 Å². The summed E-state index contributed by atoms with van der Waals surface area (Å²) in [6, 6.07) is 9.98. The number of β-amino-alcohol motifs (C(OH)–C–C–N with tert-alkyl or cyclic N) is 1. The molecule has 126 valence electrons. The van der Waals surface area contributed by atoms with Crippen LogP contribution in [0.1, 0.15) is 48.5 Å². The number of fused-ring (bicyclic) bond motifs is 1. The molecule has 1 saturated heterocycles. The zero-order valence-corrected chi connectivity index (χ0v) is 13.9. The van der Waals surface area contributed by atoms with E-state index in [0.29, 0.717) is 13.0 Å². The molecular formula is C19H23N3O2. The second-order valence-electron chi connectivity index (χ2n) is 7.10. The lowest BCUT2D eigenvalue weighted by Crippen LogP contribution is -2.39. The first-order chi connectivity index (χ1) is 11.6. The highest BCUT2D eigenvalue weighted by atomic mass is 16.3. The molecule has 1 aliphatic heterocycles. The second-order valence-corrected chi connectivity index (χ2v) is 7.10. The van der Waals surface area contributed by atoms with E-state index in [1.807, 2.05) is 35.2 Å². The smallest absolute Gasteiger partial charge is 0.231 e. The van der Waals surface area contributed by atoms with E-state index in [-0.39, 0.29) is 23.8 Å². The number of hydrogen-bond acceptors (Lipinski definition) is 3. The molecule has 1 amide bonds. The van der Waals surface area contributed by atoms with E-state index < -0.39 is 6.10 Å². The van der Waals surface area contributed by atoms with Crippen LogP contribution in [0, 0.1) is 5.92 Å². The summed E-state index contributed by atoms with van der Waals surface area (Å²) in [7, 11) is 0. The van der Waals surface area contributed by atoms with Crippen LogP contribution in [0.2, 0.25) is 0 Å². The van der Waals surface area contributed by atoms with Crippen LogP contribution >= 0.6 is 0 Å². The third-order valence-corrected chi connectivity index (χ3v) is 5.52. The molecular weight excluding hydrogens is 302 g/mol. The minimum Gasteiger partial charge on any atom is -0.391 e. The molecule has 1 aliphatic carbocycles. The van der Waals surface area contributed by atoms with Gasteiger partial charge in [-0.05, 0) is 30.7 Å². The number of aryl methyl sites for hydroxylation is 1. The minimum absolute atomic E-state index is 0.0434. The molecule has 2 aliphatic rings. The van der Waals surface area contributed by atoms with E-state index in [9.17, 15) is 9.90 Å². The van der Waals surface area contributed by atoms with Crippen molar-refractivity contribution in [1.29, 1.82) is 0 Å². The highest BCUT2D eigenvalue weighted by molar-refractivity contribution is 5.85. The molecule has 24 heavy (non-hydrogen) atoms. The average molecular weight is 325 g/mol. The monoisotopic (exact) mass is 325 g/mol. The van der Waals surface area contributed by atoms with Gasteiger partial charge in [-0.25, -0.2) is 0 Å². The molecule has 1 aromatic carbocycles. The van der Waals surface area contributed by atoms with Gasteiger partial charge in [0.1, 0.15) is 0 Å². The van der Waals surface area contributed by atoms with Crippen LogP contribution in [-0.2, 0) is 11.2 Å². The first-order valence-corrected chi connectivity index (χ1v) is 8.70. The second kappa shape index (κ2) is 6.06. The van der Waals surface area contributed by atoms with Crippen LogP contribution in [0.25, 0.3) is 0 Å². The van der Waals surface area contributed by atoms with Gasteiger partial charge in [-0.3, -0.25) is 9.89 Å². The number of likely N-dealkylation sites (tertiary alicyclic amines) is 1. The van der Waals surface area contributed by atoms with Crippen molar-refractivity contribution in [2.75, 3.05) is 6.54 Å². The summed E-state index contributed by atoms with van der Waals surface area (Å²) >= 11 is 0. The summed E-state index contributed by atoms with van der Waals surface area (Å²) in [5.74, 6) is 0.246. The number of H-pyrrole nitrogens is 1. The average Bonchev–Trinajstić information content (AvgIpc) is 3.21. The SMILES string of the molecule is CC1CCc2[nH]ncc2C1C(=O)N1CC(O)CC1c1ccccc1. The first-order valence-electron chi connectivity index (χ1n) is 8.70. The number of hydrogen-bond donors (Lipinski definition) is 2. The van der Waals surface area contributed by atoms with Crippen molar-refractivity contribution in [3.63, 3.8) is 0 Å². The zero-order chi connectivity index (χ0) is 16.7. The lowest BCUT2D eigenvalue weighted by molar-refractivity contribution is -0.135. The maximum absolute atomic E-state index is 13.4. The van der Waals surface area contributed by atoms with E-state index in [4.69, 9.17) is 0 Å². The minimum atomic E-state index is -0.457. The van der Waals surface area contributed by atoms with Crippen molar-refractivity contribution in [3.8, 4) is 0 Å². The predicted octanol–water partition coefficient (Wildman–Crippen LogP) is 2.41. The molecule has 4 rings (SSSR count). The molecule has 0 bridgehead atoms. The van der Waals surface area contributed by atoms with Gasteiger partial charge < -0.3 is 10.0 Å². The Hall–Kier alpha value is -2.14. The summed E-state index contributed by atoms with van der Waals surface area (Å²) in [6.45, 7) is 2.55. The Bertz CT molecular complexity index is 727. The van der Waals surface area contributed by atoms with Crippen LogP contribution in [0.15, 0.2) is 36.5 Å². The molecule has 5 heteroatoms. The number of carbonyl (C=O) groups excluding carboxylic acids is 1. The van der Waals surface area contributed by atoms with Crippen molar-refractivity contribution in [2.24, 2.45) is 5.92 Å². The van der Waals surface area contributed by atoms with Crippen LogP contribution in [0.3, 0.4) is 0 Å². The molecule has 4 atom stereocenters. The standard InChI is InChI=1S/C19H23N3O2/c1-12-7-8-16-15(10-20-21-16)18(12)19(24)22-11-14(23)9-17(22)13-5-3-2-4-6-13/h2-6,10,12,14,17-18,23H,7-9,11H2,1H3,(H,20,21). The molecule has 0 spiro atoms. The number of amides is 1. The number of rotatable bonds is 2. The van der Waals surface area contributed by atoms with Gasteiger partial charge in [0, 0.05) is 17.8 Å². The van der Waals surface area contributed by atoms with Crippen molar-refractivity contribution in [1.82, 2.24) is 15.1 Å². The van der Waals surface area contributed by atoms with Crippen molar-refractivity contribution >= 4 is 5.91 Å². The van der Waals surface area contributed by atoms with E-state index in [1.165, 1.54) is 0 Å². The third kappa shape index (κ3) is 2.53. The first kappa shape index (κ1) is 15.4. The summed E-state index contributed by atoms with van der Waals surface area (Å²) in [5, 5.41) is 17.4. The summed E-state index contributed by atoms with van der Waals surface area (Å²) < 4.78 is 0. The van der Waals surface area contributed by atoms with Gasteiger partial charge in [0.05, 0.1) is 24.3 Å². The number of aliphatic hydroxyl groups excluding tert-OH is 1. The number of aromatic amines is 1. The number of benzene rings is 1. The molecule has 1 aromatic heterocycles. The molecule has 4 unspecified atom stereocenters. The summed E-state index contributed by atoms with van der Waals surface area (Å²) in [4.78, 5) is 15.3. The predicted molar refractivity (Wildman–Crippen MR) is 90.3 cm³/mol. The third-order valence-electron chi connectivity index (χ3n) is 5.52. The van der Waals surface area contributed by atoms with Gasteiger partial charge in [0.2, 0.25) is 5.91 Å². The fraction of sp³-hybridized carbons (Fsp3) is 0.474. The Kier molecular flexibility index (Phi) is 3.88. The highest BCUT2D eigenvalue weighted by Gasteiger charge is 2.42. The maximum Gasteiger partial charge on any atom is 0.231 e. The molecule has 1 fully saturated rings. The normalized spacial score (nSPS) is 29.5. The van der Waals surface area contributed by atoms with Crippen LogP contribution < -0.4 is 0 Å². The largest absolute Gasteiger partial charge is 0.391 e. The molecule has 2 heterocycles. The van der Waals surface area contributed by atoms with Gasteiger partial charge in [0.15, 0.2) is 0 Å². The zero-order valence-electron chi connectivity index (χ0n) is 13.9. The summed E-state index contributed by atoms with van der Waals surface area (Å²) in [5.41, 5.74) is 3.22. The Morgan fingerprint density at radius 2 is 2.12 bits per heavy atom. The van der Waals surface area contributed by atoms with Gasteiger partial charge in [0.25, 0.3) is 0 Å². The Balaban J connectivity index is 1.66. The number of aromatic nitrogens is 2. The molecule has 0 radical (unpaired) electrons. The highest BCUT2D eigenvalue weighted by Crippen LogP contribution is 2.40. The van der Waals surface area contributed by atoms with E-state index >= 15 is 0 Å². The van der Waals surface area contributed by atoms with Crippen LogP contribution in [0.4, 0.5) is 0 Å². The van der Waals surface area contributed by atoms with Crippen molar-refractivity contribution < 1.29 is 9.90 Å². The number of carbonyl (C=O) groups is 1. The van der Waals surface area contributed by atoms with Crippen molar-refractivity contribution in [3.05, 3.63) is 53.3 Å². The fourth-order valence-electron chi connectivity index (χ4n) is 4.24. The Morgan fingerprint density at radius 3 is 2.92 bits per heavy atom. The quantitative estimate of drug-likeness (QED) is 0.891. The summed E-state index contributed by atoms with van der Waals surface area (Å²) in [6.07, 6.45) is 3.89. The Labute approximate surface area is 141 Å². The molecule has 2 aromatic rings. The van der Waals surface area contributed by atoms with E-state index in [1.54, 1.807) is 6.20 Å². The van der Waals surface area contributed by atoms with Crippen LogP contribution in [0.5, 0.6) is 0 Å². The van der Waals surface area contributed by atoms with Gasteiger partial charge in [-0.2, -0.15) is 5.10 Å². The van der Waals surface area contributed by atoms with Gasteiger partial charge in [-0.15, -0.1) is 0 Å². The Morgan fingerprint density at radius 1 is 1.33 bits per heavy atom. The number of nitrogens with one attached hydrogen (secondary N) is 1. The van der Waals surface area contributed by atoms with E-state index in [0.717, 1.165) is 29.7 Å². The molecule has 0 saturated carbocycles. The number of aliphatic hydroxyl groups is 1. The maximum atomic E-state index is 13.4. The van der Waals surface area contributed by atoms with Crippen LogP contribution in [-0.4, -0.2) is 38.8 Å². The van der Waals surface area contributed by atoms with Gasteiger partial charge >= 0.3 is 0 Å². The molecule has 5 nitrogen and oxygen atoms in total. The van der Waals surface area contributed by atoms with Crippen molar-refractivity contribution in [2.45, 2.75) is 44.2 Å². The fourth-order valence-corrected chi connectivity index (χ4v) is 4.24. The lowest BCUT2D eigenvalue weighted by Gasteiger charge is -2.34. The topological polar surface area (TPSA) is 69.2 Å². The number of nitrogens with zero attached hydrogens (tertiary/aromatic N) is 2.